The summed E-state index contributed by atoms with van der Waals surface area (Å²) in [6.07, 6.45) is 9.28. The molecule has 1 N–H and O–H groups in total. The third-order valence-corrected chi connectivity index (χ3v) is 6.61. The van der Waals surface area contributed by atoms with Crippen LogP contribution in [0.5, 0.6) is 0 Å². The van der Waals surface area contributed by atoms with Gasteiger partial charge in [-0.3, -0.25) is 14.5 Å². The second-order valence-corrected chi connectivity index (χ2v) is 9.01. The zero-order chi connectivity index (χ0) is 23.3. The Balaban J connectivity index is 1.18. The number of anilines is 1. The number of aryl methyl sites for hydroxylation is 1. The molecule has 4 heterocycles. The molecule has 1 fully saturated rings. The summed E-state index contributed by atoms with van der Waals surface area (Å²) in [5.74, 6) is 0.629. The predicted molar refractivity (Wildman–Crippen MR) is 132 cm³/mol. The fourth-order valence-electron chi connectivity index (χ4n) is 4.66. The number of hydrogen-bond donors (Lipinski definition) is 1. The molecule has 2 aromatic rings. The van der Waals surface area contributed by atoms with Crippen molar-refractivity contribution in [3.8, 4) is 0 Å². The van der Waals surface area contributed by atoms with E-state index in [1.807, 2.05) is 11.0 Å². The molecule has 5 rings (SSSR count). The molecule has 0 unspecified atom stereocenters. The number of amides is 2. The first kappa shape index (κ1) is 22.5. The lowest BCUT2D eigenvalue weighted by atomic mass is 9.97. The first-order valence-electron chi connectivity index (χ1n) is 12.0. The van der Waals surface area contributed by atoms with Crippen LogP contribution in [-0.4, -0.2) is 66.0 Å². The van der Waals surface area contributed by atoms with E-state index in [0.717, 1.165) is 50.4 Å². The van der Waals surface area contributed by atoms with Gasteiger partial charge in [0.2, 0.25) is 11.8 Å². The molecule has 3 aliphatic heterocycles. The standard InChI is InChI=1S/C27H30N4O3/c32-25-6-5-24-16-20(18-28-27(24)29-25)4-7-26(33)31-10-8-22(9-11-31)23-3-1-2-21(17-23)19-30-12-14-34-15-13-30/h1-4,7-8,16-18H,5-6,9-15,19H2,(H,28,29,32)/b7-4+. The number of carbonyl (C=O) groups is 2. The van der Waals surface area contributed by atoms with E-state index in [1.54, 1.807) is 18.3 Å². The fraction of sp³-hybridized carbons (Fsp3) is 0.370. The Morgan fingerprint density at radius 2 is 2.00 bits per heavy atom. The molecule has 34 heavy (non-hydrogen) atoms. The van der Waals surface area contributed by atoms with Crippen LogP contribution < -0.4 is 5.32 Å². The lowest BCUT2D eigenvalue weighted by Gasteiger charge is -2.27. The minimum Gasteiger partial charge on any atom is -0.379 e. The van der Waals surface area contributed by atoms with Crippen LogP contribution in [0.2, 0.25) is 0 Å². The highest BCUT2D eigenvalue weighted by Crippen LogP contribution is 2.25. The van der Waals surface area contributed by atoms with E-state index >= 15 is 0 Å². The number of carbonyl (C=O) groups excluding carboxylic acids is 2. The summed E-state index contributed by atoms with van der Waals surface area (Å²) in [6, 6.07) is 10.8. The number of fused-ring (bicyclic) bond motifs is 1. The van der Waals surface area contributed by atoms with E-state index < -0.39 is 0 Å². The first-order valence-corrected chi connectivity index (χ1v) is 12.0. The van der Waals surface area contributed by atoms with E-state index in [1.165, 1.54) is 16.7 Å². The van der Waals surface area contributed by atoms with Crippen molar-refractivity contribution >= 4 is 29.3 Å². The van der Waals surface area contributed by atoms with Crippen molar-refractivity contribution in [2.75, 3.05) is 44.7 Å². The maximum atomic E-state index is 12.7. The van der Waals surface area contributed by atoms with Crippen molar-refractivity contribution in [3.05, 3.63) is 70.9 Å². The average molecular weight is 459 g/mol. The Labute approximate surface area is 200 Å². The molecular weight excluding hydrogens is 428 g/mol. The lowest BCUT2D eigenvalue weighted by Crippen LogP contribution is -2.35. The van der Waals surface area contributed by atoms with Crippen molar-refractivity contribution in [2.45, 2.75) is 25.8 Å². The minimum absolute atomic E-state index is 0.000166. The van der Waals surface area contributed by atoms with Crippen LogP contribution in [0.15, 0.2) is 48.7 Å². The Hall–Kier alpha value is -3.29. The predicted octanol–water partition coefficient (Wildman–Crippen LogP) is 3.13. The highest BCUT2D eigenvalue weighted by Gasteiger charge is 2.18. The summed E-state index contributed by atoms with van der Waals surface area (Å²) >= 11 is 0. The number of rotatable bonds is 5. The molecule has 0 radical (unpaired) electrons. The first-order chi connectivity index (χ1) is 16.6. The maximum absolute atomic E-state index is 12.7. The second-order valence-electron chi connectivity index (χ2n) is 9.01. The second kappa shape index (κ2) is 10.3. The van der Waals surface area contributed by atoms with Crippen LogP contribution in [0.1, 0.15) is 35.1 Å². The zero-order valence-electron chi connectivity index (χ0n) is 19.3. The summed E-state index contributed by atoms with van der Waals surface area (Å²) in [7, 11) is 0. The summed E-state index contributed by atoms with van der Waals surface area (Å²) in [5.41, 5.74) is 5.75. The van der Waals surface area contributed by atoms with Crippen LogP contribution in [-0.2, 0) is 27.3 Å². The Morgan fingerprint density at radius 3 is 2.82 bits per heavy atom. The van der Waals surface area contributed by atoms with Gasteiger partial charge >= 0.3 is 0 Å². The van der Waals surface area contributed by atoms with E-state index in [2.05, 4.69) is 45.5 Å². The quantitative estimate of drug-likeness (QED) is 0.697. The molecule has 0 atom stereocenters. The Bertz CT molecular complexity index is 1130. The molecule has 0 aliphatic carbocycles. The van der Waals surface area contributed by atoms with Gasteiger partial charge in [-0.1, -0.05) is 30.3 Å². The molecule has 0 spiro atoms. The number of nitrogens with one attached hydrogen (secondary N) is 1. The van der Waals surface area contributed by atoms with Gasteiger partial charge in [0.05, 0.1) is 13.2 Å². The molecule has 7 heteroatoms. The summed E-state index contributed by atoms with van der Waals surface area (Å²) in [4.78, 5) is 32.8. The topological polar surface area (TPSA) is 74.8 Å². The van der Waals surface area contributed by atoms with Gasteiger partial charge < -0.3 is 15.0 Å². The van der Waals surface area contributed by atoms with Gasteiger partial charge in [-0.25, -0.2) is 4.98 Å². The van der Waals surface area contributed by atoms with Crippen LogP contribution in [0.3, 0.4) is 0 Å². The number of morpholine rings is 1. The molecule has 0 saturated carbocycles. The van der Waals surface area contributed by atoms with E-state index in [-0.39, 0.29) is 11.8 Å². The van der Waals surface area contributed by atoms with Crippen molar-refractivity contribution in [1.82, 2.24) is 14.8 Å². The Morgan fingerprint density at radius 1 is 1.12 bits per heavy atom. The summed E-state index contributed by atoms with van der Waals surface area (Å²) in [5, 5.41) is 2.78. The molecule has 1 saturated heterocycles. The Kier molecular flexibility index (Phi) is 6.83. The number of benzene rings is 1. The smallest absolute Gasteiger partial charge is 0.246 e. The molecule has 1 aromatic heterocycles. The van der Waals surface area contributed by atoms with Crippen LogP contribution in [0.4, 0.5) is 5.82 Å². The molecular formula is C27H30N4O3. The molecule has 2 amide bonds. The molecule has 3 aliphatic rings. The zero-order valence-corrected chi connectivity index (χ0v) is 19.3. The molecule has 7 nitrogen and oxygen atoms in total. The average Bonchev–Trinajstić information content (AvgIpc) is 2.88. The number of hydrogen-bond acceptors (Lipinski definition) is 5. The van der Waals surface area contributed by atoms with E-state index in [9.17, 15) is 9.59 Å². The number of pyridine rings is 1. The summed E-state index contributed by atoms with van der Waals surface area (Å²) < 4.78 is 5.45. The van der Waals surface area contributed by atoms with Gasteiger partial charge in [0.25, 0.3) is 0 Å². The van der Waals surface area contributed by atoms with E-state index in [0.29, 0.717) is 31.7 Å². The molecule has 1 aromatic carbocycles. The third kappa shape index (κ3) is 5.43. The monoisotopic (exact) mass is 458 g/mol. The van der Waals surface area contributed by atoms with E-state index in [4.69, 9.17) is 4.74 Å². The van der Waals surface area contributed by atoms with Crippen molar-refractivity contribution < 1.29 is 14.3 Å². The number of aromatic nitrogens is 1. The normalized spacial score (nSPS) is 19.0. The fourth-order valence-corrected chi connectivity index (χ4v) is 4.66. The van der Waals surface area contributed by atoms with Gasteiger partial charge in [0.15, 0.2) is 0 Å². The van der Waals surface area contributed by atoms with Crippen molar-refractivity contribution in [3.63, 3.8) is 0 Å². The number of ether oxygens (including phenoxy) is 1. The highest BCUT2D eigenvalue weighted by atomic mass is 16.5. The maximum Gasteiger partial charge on any atom is 0.246 e. The minimum atomic E-state index is -0.000166. The van der Waals surface area contributed by atoms with Crippen LogP contribution in [0.25, 0.3) is 11.6 Å². The lowest BCUT2D eigenvalue weighted by molar-refractivity contribution is -0.125. The summed E-state index contributed by atoms with van der Waals surface area (Å²) in [6.45, 7) is 5.85. The largest absolute Gasteiger partial charge is 0.379 e. The highest BCUT2D eigenvalue weighted by molar-refractivity contribution is 5.94. The van der Waals surface area contributed by atoms with Crippen LogP contribution in [0, 0.1) is 0 Å². The SMILES string of the molecule is O=C1CCc2cc(/C=C/C(=O)N3CC=C(c4cccc(CN5CCOCC5)c4)CC3)cnc2N1. The van der Waals surface area contributed by atoms with Crippen molar-refractivity contribution in [1.29, 1.82) is 0 Å². The van der Waals surface area contributed by atoms with Gasteiger partial charge in [-0.05, 0) is 52.8 Å². The van der Waals surface area contributed by atoms with Gasteiger partial charge in [0.1, 0.15) is 5.82 Å². The molecule has 176 valence electrons. The van der Waals surface area contributed by atoms with Gasteiger partial charge in [0, 0.05) is 51.4 Å². The van der Waals surface area contributed by atoms with Crippen LogP contribution >= 0.6 is 0 Å². The van der Waals surface area contributed by atoms with Gasteiger partial charge in [-0.2, -0.15) is 0 Å². The number of nitrogens with zero attached hydrogens (tertiary/aromatic N) is 3. The third-order valence-electron chi connectivity index (χ3n) is 6.61. The van der Waals surface area contributed by atoms with Crippen molar-refractivity contribution in [2.24, 2.45) is 0 Å². The molecule has 0 bridgehead atoms. The van der Waals surface area contributed by atoms with Gasteiger partial charge in [-0.15, -0.1) is 0 Å².